The molecule has 34 heavy (non-hydrogen) atoms. The van der Waals surface area contributed by atoms with Gasteiger partial charge < -0.3 is 4.90 Å². The van der Waals surface area contributed by atoms with Gasteiger partial charge in [0, 0.05) is 60.8 Å². The van der Waals surface area contributed by atoms with Crippen molar-refractivity contribution in [2.24, 2.45) is 9.98 Å². The maximum absolute atomic E-state index is 13.2. The van der Waals surface area contributed by atoms with Gasteiger partial charge in [0.15, 0.2) is 0 Å². The molecule has 0 bridgehead atoms. The number of carbonyl (C=O) groups excluding carboxylic acids is 1. The first-order valence-electron chi connectivity index (χ1n) is 12.4. The molecule has 1 fully saturated rings. The minimum Gasteiger partial charge on any atom is -0.334 e. The first-order chi connectivity index (χ1) is 16.5. The summed E-state index contributed by atoms with van der Waals surface area (Å²) < 4.78 is 0. The molecule has 4 aliphatic heterocycles. The molecule has 0 spiro atoms. The van der Waals surface area contributed by atoms with Crippen LogP contribution in [0.2, 0.25) is 0 Å². The van der Waals surface area contributed by atoms with E-state index in [9.17, 15) is 4.79 Å². The molecule has 1 aromatic heterocycles. The highest BCUT2D eigenvalue weighted by Crippen LogP contribution is 2.32. The van der Waals surface area contributed by atoms with Gasteiger partial charge in [-0.2, -0.15) is 0 Å². The molecule has 0 N–H and O–H groups in total. The predicted molar refractivity (Wildman–Crippen MR) is 134 cm³/mol. The van der Waals surface area contributed by atoms with Gasteiger partial charge in [-0.05, 0) is 68.1 Å². The van der Waals surface area contributed by atoms with Gasteiger partial charge in [0.05, 0.1) is 24.4 Å². The molecule has 0 saturated carbocycles. The Hall–Kier alpha value is -3.12. The maximum atomic E-state index is 13.2. The minimum atomic E-state index is 0.261. The number of carbonyl (C=O) groups is 1. The van der Waals surface area contributed by atoms with Crippen molar-refractivity contribution in [2.45, 2.75) is 58.7 Å². The average Bonchev–Trinajstić information content (AvgIpc) is 3.42. The number of likely N-dealkylation sites (tertiary alicyclic amines) is 1. The van der Waals surface area contributed by atoms with Gasteiger partial charge in [-0.25, -0.2) is 0 Å². The van der Waals surface area contributed by atoms with Crippen LogP contribution in [0.4, 0.5) is 0 Å². The van der Waals surface area contributed by atoms with Crippen molar-refractivity contribution in [1.29, 1.82) is 0 Å². The second-order valence-corrected chi connectivity index (χ2v) is 10.1. The number of hydrogen-bond donors (Lipinski definition) is 0. The van der Waals surface area contributed by atoms with E-state index in [-0.39, 0.29) is 11.9 Å². The number of rotatable bonds is 4. The molecular weight excluding hydrogens is 422 g/mol. The number of piperidine rings is 1. The number of nitrogens with zero attached hydrogens (tertiary/aromatic N) is 5. The summed E-state index contributed by atoms with van der Waals surface area (Å²) >= 11 is 0. The Labute approximate surface area is 201 Å². The fourth-order valence-electron chi connectivity index (χ4n) is 5.82. The normalized spacial score (nSPS) is 22.3. The van der Waals surface area contributed by atoms with Crippen molar-refractivity contribution in [1.82, 2.24) is 14.8 Å². The van der Waals surface area contributed by atoms with Crippen molar-refractivity contribution in [3.63, 3.8) is 0 Å². The zero-order valence-electron chi connectivity index (χ0n) is 20.0. The number of benzene rings is 1. The van der Waals surface area contributed by atoms with E-state index in [4.69, 9.17) is 4.99 Å². The van der Waals surface area contributed by atoms with Crippen molar-refractivity contribution < 1.29 is 4.79 Å². The number of aryl methyl sites for hydroxylation is 1. The minimum absolute atomic E-state index is 0.261. The lowest BCUT2D eigenvalue weighted by atomic mass is 9.90. The van der Waals surface area contributed by atoms with E-state index in [0.717, 1.165) is 55.9 Å². The van der Waals surface area contributed by atoms with Crippen molar-refractivity contribution in [3.8, 4) is 0 Å². The quantitative estimate of drug-likeness (QED) is 0.707. The van der Waals surface area contributed by atoms with Gasteiger partial charge in [-0.15, -0.1) is 0 Å². The molecule has 6 rings (SSSR count). The first kappa shape index (κ1) is 21.4. The average molecular weight is 454 g/mol. The summed E-state index contributed by atoms with van der Waals surface area (Å²) in [6, 6.07) is 8.94. The fourth-order valence-corrected chi connectivity index (χ4v) is 5.82. The molecule has 4 aliphatic rings. The smallest absolute Gasteiger partial charge is 0.227 e. The van der Waals surface area contributed by atoms with Crippen LogP contribution in [0.15, 0.2) is 52.2 Å². The third-order valence-electron chi connectivity index (χ3n) is 7.54. The Kier molecular flexibility index (Phi) is 5.41. The summed E-state index contributed by atoms with van der Waals surface area (Å²) in [4.78, 5) is 31.7. The molecule has 0 radical (unpaired) electrons. The number of fused-ring (bicyclic) bond motifs is 2. The Morgan fingerprint density at radius 2 is 2.03 bits per heavy atom. The lowest BCUT2D eigenvalue weighted by Crippen LogP contribution is -2.51. The number of aliphatic imine (C=N–C) groups is 2. The van der Waals surface area contributed by atoms with Crippen molar-refractivity contribution in [3.05, 3.63) is 75.7 Å². The summed E-state index contributed by atoms with van der Waals surface area (Å²) in [6.07, 6.45) is 7.77. The highest BCUT2D eigenvalue weighted by Gasteiger charge is 2.33. The summed E-state index contributed by atoms with van der Waals surface area (Å²) in [7, 11) is 0. The number of allylic oxidation sites excluding steroid dienone is 1. The van der Waals surface area contributed by atoms with Crippen LogP contribution < -0.4 is 0 Å². The lowest BCUT2D eigenvalue weighted by molar-refractivity contribution is -0.135. The van der Waals surface area contributed by atoms with E-state index in [1.54, 1.807) is 0 Å². The van der Waals surface area contributed by atoms with Crippen molar-refractivity contribution >= 4 is 17.3 Å². The van der Waals surface area contributed by atoms with Crippen LogP contribution in [-0.2, 0) is 24.3 Å². The summed E-state index contributed by atoms with van der Waals surface area (Å²) in [5.41, 5.74) is 10.4. The second kappa shape index (κ2) is 8.58. The molecular formula is C28H31N5O. The van der Waals surface area contributed by atoms with E-state index < -0.39 is 0 Å². The molecule has 6 heteroatoms. The van der Waals surface area contributed by atoms with E-state index in [1.165, 1.54) is 33.7 Å². The Morgan fingerprint density at radius 1 is 1.12 bits per heavy atom. The Bertz CT molecular complexity index is 1260. The molecule has 1 saturated heterocycles. The summed E-state index contributed by atoms with van der Waals surface area (Å²) in [5, 5.41) is 0. The van der Waals surface area contributed by atoms with Gasteiger partial charge in [0.25, 0.3) is 0 Å². The van der Waals surface area contributed by atoms with E-state index in [0.29, 0.717) is 19.5 Å². The summed E-state index contributed by atoms with van der Waals surface area (Å²) in [5.74, 6) is 0.261. The number of aromatic nitrogens is 1. The largest absolute Gasteiger partial charge is 0.334 e. The van der Waals surface area contributed by atoms with Crippen LogP contribution in [-0.4, -0.2) is 57.8 Å². The van der Waals surface area contributed by atoms with E-state index in [1.807, 2.05) is 19.2 Å². The molecule has 6 nitrogen and oxygen atoms in total. The monoisotopic (exact) mass is 453 g/mol. The van der Waals surface area contributed by atoms with Crippen molar-refractivity contribution in [2.75, 3.05) is 19.6 Å². The zero-order valence-corrected chi connectivity index (χ0v) is 20.0. The Morgan fingerprint density at radius 3 is 2.85 bits per heavy atom. The number of hydrogen-bond acceptors (Lipinski definition) is 5. The number of pyridine rings is 1. The molecule has 0 aliphatic carbocycles. The second-order valence-electron chi connectivity index (χ2n) is 10.1. The standard InChI is InChI=1S/C28H31N5O/c1-18-5-6-24(31-18)16-32-9-3-4-25(17-32)33-15-23-12-26-22(11-21(23)13-27(33)34)14-30-28(26)20-7-8-29-19(2)10-20/h6-8,10-12,25H,3-5,9,13-17H2,1-2H3/t25-/m1/s1. The van der Waals surface area contributed by atoms with Crippen LogP contribution in [0.1, 0.15) is 59.7 Å². The van der Waals surface area contributed by atoms with Gasteiger partial charge in [0.1, 0.15) is 0 Å². The number of amides is 1. The van der Waals surface area contributed by atoms with E-state index >= 15 is 0 Å². The maximum Gasteiger partial charge on any atom is 0.227 e. The highest BCUT2D eigenvalue weighted by molar-refractivity contribution is 6.15. The van der Waals surface area contributed by atoms with Gasteiger partial charge in [-0.3, -0.25) is 24.7 Å². The topological polar surface area (TPSA) is 61.2 Å². The van der Waals surface area contributed by atoms with Gasteiger partial charge in [-0.1, -0.05) is 12.1 Å². The van der Waals surface area contributed by atoms with Gasteiger partial charge >= 0.3 is 0 Å². The zero-order chi connectivity index (χ0) is 23.2. The fraction of sp³-hybridized carbons (Fsp3) is 0.429. The Balaban J connectivity index is 1.22. The van der Waals surface area contributed by atoms with Crippen LogP contribution in [0.25, 0.3) is 0 Å². The predicted octanol–water partition coefficient (Wildman–Crippen LogP) is 3.84. The van der Waals surface area contributed by atoms with Crippen LogP contribution in [0.3, 0.4) is 0 Å². The summed E-state index contributed by atoms with van der Waals surface area (Å²) in [6.45, 7) is 8.40. The molecule has 5 heterocycles. The first-order valence-corrected chi connectivity index (χ1v) is 12.4. The van der Waals surface area contributed by atoms with E-state index in [2.05, 4.69) is 51.0 Å². The third kappa shape index (κ3) is 4.00. The third-order valence-corrected chi connectivity index (χ3v) is 7.54. The van der Waals surface area contributed by atoms with Crippen LogP contribution in [0, 0.1) is 6.92 Å². The highest BCUT2D eigenvalue weighted by atomic mass is 16.2. The van der Waals surface area contributed by atoms with Gasteiger partial charge in [0.2, 0.25) is 5.91 Å². The van der Waals surface area contributed by atoms with Crippen LogP contribution >= 0.6 is 0 Å². The molecule has 0 unspecified atom stereocenters. The van der Waals surface area contributed by atoms with Crippen LogP contribution in [0.5, 0.6) is 0 Å². The molecule has 174 valence electrons. The molecule has 1 aromatic carbocycles. The SMILES string of the molecule is CC1=NC(CN2CCC[C@@H](N3Cc4cc5c(cc4CC3=O)CN=C5c3ccnc(C)c3)C2)=CC1. The lowest BCUT2D eigenvalue weighted by Gasteiger charge is -2.41. The molecule has 1 atom stereocenters. The molecule has 2 aromatic rings. The molecule has 1 amide bonds.